The number of rotatable bonds is 3. The van der Waals surface area contributed by atoms with Crippen molar-refractivity contribution in [3.8, 4) is 0 Å². The number of nitrogens with zero attached hydrogens (tertiary/aromatic N) is 2. The second-order valence-electron chi connectivity index (χ2n) is 3.30. The molecule has 2 aromatic heterocycles. The molecule has 1 unspecified atom stereocenters. The van der Waals surface area contributed by atoms with Gasteiger partial charge in [-0.05, 0) is 26.1 Å². The lowest BCUT2D eigenvalue weighted by molar-refractivity contribution is 0.678. The lowest BCUT2D eigenvalue weighted by Crippen LogP contribution is -2.17. The minimum Gasteiger partial charge on any atom is -0.307 e. The molecule has 1 N–H and O–H groups in total. The van der Waals surface area contributed by atoms with Crippen LogP contribution >= 0.6 is 11.3 Å². The quantitative estimate of drug-likeness (QED) is 0.859. The normalized spacial score (nSPS) is 12.7. The standard InChI is InChI=1S/C11H13N3S/c1-8-3-4-10(15-8)11(12-2)9-7-13-5-6-14-9/h3-7,11-12H,1-2H3. The number of aromatic nitrogens is 2. The smallest absolute Gasteiger partial charge is 0.0858 e. The van der Waals surface area contributed by atoms with Crippen LogP contribution in [-0.2, 0) is 0 Å². The molecule has 0 aliphatic heterocycles. The molecule has 2 aromatic rings. The Morgan fingerprint density at radius 3 is 2.73 bits per heavy atom. The van der Waals surface area contributed by atoms with Crippen molar-refractivity contribution >= 4 is 11.3 Å². The van der Waals surface area contributed by atoms with E-state index in [1.54, 1.807) is 29.9 Å². The number of nitrogens with one attached hydrogen (secondary N) is 1. The van der Waals surface area contributed by atoms with Crippen LogP contribution in [0.1, 0.15) is 21.5 Å². The van der Waals surface area contributed by atoms with E-state index in [2.05, 4.69) is 34.3 Å². The van der Waals surface area contributed by atoms with E-state index in [1.807, 2.05) is 7.05 Å². The van der Waals surface area contributed by atoms with Crippen LogP contribution in [0.25, 0.3) is 0 Å². The van der Waals surface area contributed by atoms with Gasteiger partial charge in [-0.3, -0.25) is 9.97 Å². The highest BCUT2D eigenvalue weighted by Crippen LogP contribution is 2.26. The first-order chi connectivity index (χ1) is 7.31. The lowest BCUT2D eigenvalue weighted by Gasteiger charge is -2.12. The van der Waals surface area contributed by atoms with E-state index in [-0.39, 0.29) is 6.04 Å². The van der Waals surface area contributed by atoms with E-state index in [0.29, 0.717) is 0 Å². The molecular weight excluding hydrogens is 206 g/mol. The fourth-order valence-electron chi connectivity index (χ4n) is 1.50. The molecule has 0 aliphatic rings. The summed E-state index contributed by atoms with van der Waals surface area (Å²) in [5.74, 6) is 0. The van der Waals surface area contributed by atoms with Gasteiger partial charge in [0.1, 0.15) is 0 Å². The molecule has 0 aliphatic carbocycles. The molecule has 0 saturated carbocycles. The van der Waals surface area contributed by atoms with Crippen LogP contribution in [0.5, 0.6) is 0 Å². The van der Waals surface area contributed by atoms with Gasteiger partial charge in [0.15, 0.2) is 0 Å². The zero-order valence-corrected chi connectivity index (χ0v) is 9.58. The molecule has 78 valence electrons. The molecule has 0 radical (unpaired) electrons. The van der Waals surface area contributed by atoms with Crippen molar-refractivity contribution in [1.82, 2.24) is 15.3 Å². The van der Waals surface area contributed by atoms with Crippen molar-refractivity contribution in [2.45, 2.75) is 13.0 Å². The molecule has 15 heavy (non-hydrogen) atoms. The van der Waals surface area contributed by atoms with Gasteiger partial charge in [-0.25, -0.2) is 0 Å². The molecule has 0 saturated heterocycles. The zero-order valence-electron chi connectivity index (χ0n) is 8.77. The zero-order chi connectivity index (χ0) is 10.7. The summed E-state index contributed by atoms with van der Waals surface area (Å²) in [6, 6.07) is 4.41. The molecular formula is C11H13N3S. The minimum atomic E-state index is 0.150. The molecule has 0 aromatic carbocycles. The van der Waals surface area contributed by atoms with Gasteiger partial charge in [0.2, 0.25) is 0 Å². The van der Waals surface area contributed by atoms with Gasteiger partial charge in [0.25, 0.3) is 0 Å². The maximum absolute atomic E-state index is 4.32. The topological polar surface area (TPSA) is 37.8 Å². The number of hydrogen-bond donors (Lipinski definition) is 1. The summed E-state index contributed by atoms with van der Waals surface area (Å²) in [7, 11) is 1.94. The van der Waals surface area contributed by atoms with E-state index in [0.717, 1.165) is 5.69 Å². The molecule has 4 heteroatoms. The highest BCUT2D eigenvalue weighted by atomic mass is 32.1. The van der Waals surface area contributed by atoms with E-state index in [9.17, 15) is 0 Å². The summed E-state index contributed by atoms with van der Waals surface area (Å²) >= 11 is 1.78. The highest BCUT2D eigenvalue weighted by molar-refractivity contribution is 7.12. The summed E-state index contributed by atoms with van der Waals surface area (Å²) in [4.78, 5) is 11.0. The second-order valence-corrected chi connectivity index (χ2v) is 4.62. The Labute approximate surface area is 93.2 Å². The van der Waals surface area contributed by atoms with Crippen molar-refractivity contribution in [1.29, 1.82) is 0 Å². The minimum absolute atomic E-state index is 0.150. The van der Waals surface area contributed by atoms with Gasteiger partial charge in [-0.15, -0.1) is 11.3 Å². The summed E-state index contributed by atoms with van der Waals surface area (Å²) in [5.41, 5.74) is 0.960. The average Bonchev–Trinajstić information content (AvgIpc) is 2.68. The number of hydrogen-bond acceptors (Lipinski definition) is 4. The second kappa shape index (κ2) is 4.51. The highest BCUT2D eigenvalue weighted by Gasteiger charge is 2.14. The van der Waals surface area contributed by atoms with Crippen LogP contribution < -0.4 is 5.32 Å². The average molecular weight is 219 g/mol. The Hall–Kier alpha value is -1.26. The van der Waals surface area contributed by atoms with Crippen LogP contribution in [0.15, 0.2) is 30.7 Å². The van der Waals surface area contributed by atoms with Crippen molar-refractivity contribution in [2.75, 3.05) is 7.05 Å². The summed E-state index contributed by atoms with van der Waals surface area (Å²) < 4.78 is 0. The van der Waals surface area contributed by atoms with Gasteiger partial charge >= 0.3 is 0 Å². The van der Waals surface area contributed by atoms with E-state index in [1.165, 1.54) is 9.75 Å². The molecule has 1 atom stereocenters. The summed E-state index contributed by atoms with van der Waals surface area (Å²) in [6.07, 6.45) is 5.21. The van der Waals surface area contributed by atoms with Crippen LogP contribution in [0.4, 0.5) is 0 Å². The molecule has 2 heterocycles. The Balaban J connectivity index is 2.33. The molecule has 0 amide bonds. The first-order valence-electron chi connectivity index (χ1n) is 4.81. The van der Waals surface area contributed by atoms with E-state index in [4.69, 9.17) is 0 Å². The van der Waals surface area contributed by atoms with Crippen molar-refractivity contribution in [3.05, 3.63) is 46.2 Å². The Morgan fingerprint density at radius 2 is 2.20 bits per heavy atom. The molecule has 0 bridgehead atoms. The van der Waals surface area contributed by atoms with Gasteiger partial charge in [-0.2, -0.15) is 0 Å². The van der Waals surface area contributed by atoms with Gasteiger partial charge in [0.05, 0.1) is 17.9 Å². The van der Waals surface area contributed by atoms with E-state index >= 15 is 0 Å². The van der Waals surface area contributed by atoms with Gasteiger partial charge in [0, 0.05) is 22.1 Å². The summed E-state index contributed by atoms with van der Waals surface area (Å²) in [5, 5.41) is 3.26. The Morgan fingerprint density at radius 1 is 1.33 bits per heavy atom. The van der Waals surface area contributed by atoms with Crippen LogP contribution in [-0.4, -0.2) is 17.0 Å². The predicted octanol–water partition coefficient (Wildman–Crippen LogP) is 2.16. The predicted molar refractivity (Wildman–Crippen MR) is 62.0 cm³/mol. The fourth-order valence-corrected chi connectivity index (χ4v) is 2.50. The van der Waals surface area contributed by atoms with E-state index < -0.39 is 0 Å². The summed E-state index contributed by atoms with van der Waals surface area (Å²) in [6.45, 7) is 2.11. The number of thiophene rings is 1. The third-order valence-corrected chi connectivity index (χ3v) is 3.28. The number of aryl methyl sites for hydroxylation is 1. The van der Waals surface area contributed by atoms with Crippen molar-refractivity contribution in [3.63, 3.8) is 0 Å². The SMILES string of the molecule is CNC(c1cnccn1)c1ccc(C)s1. The Kier molecular flexibility index (Phi) is 3.08. The largest absolute Gasteiger partial charge is 0.307 e. The van der Waals surface area contributed by atoms with Crippen LogP contribution in [0, 0.1) is 6.92 Å². The van der Waals surface area contributed by atoms with Crippen LogP contribution in [0.2, 0.25) is 0 Å². The maximum Gasteiger partial charge on any atom is 0.0858 e. The fraction of sp³-hybridized carbons (Fsp3) is 0.273. The first kappa shape index (κ1) is 10.3. The molecule has 0 fully saturated rings. The van der Waals surface area contributed by atoms with Crippen molar-refractivity contribution in [2.24, 2.45) is 0 Å². The molecule has 3 nitrogen and oxygen atoms in total. The molecule has 2 rings (SSSR count). The maximum atomic E-state index is 4.32. The molecule has 0 spiro atoms. The monoisotopic (exact) mass is 219 g/mol. The van der Waals surface area contributed by atoms with Gasteiger partial charge < -0.3 is 5.32 Å². The van der Waals surface area contributed by atoms with Crippen molar-refractivity contribution < 1.29 is 0 Å². The lowest BCUT2D eigenvalue weighted by atomic mass is 10.2. The third-order valence-electron chi connectivity index (χ3n) is 2.21. The van der Waals surface area contributed by atoms with Crippen LogP contribution in [0.3, 0.4) is 0 Å². The Bertz CT molecular complexity index is 424. The van der Waals surface area contributed by atoms with Gasteiger partial charge in [-0.1, -0.05) is 0 Å². The third kappa shape index (κ3) is 2.22. The first-order valence-corrected chi connectivity index (χ1v) is 5.62.